The Hall–Kier alpha value is -2.00. The molecule has 2 rings (SSSR count). The molecule has 24 heavy (non-hydrogen) atoms. The van der Waals surface area contributed by atoms with Crippen LogP contribution in [0, 0.1) is 13.8 Å². The van der Waals surface area contributed by atoms with Crippen LogP contribution in [0.2, 0.25) is 5.02 Å². The van der Waals surface area contributed by atoms with Gasteiger partial charge in [0.1, 0.15) is 5.75 Å². The number of amides is 1. The molecule has 0 saturated carbocycles. The Morgan fingerprint density at radius 2 is 1.92 bits per heavy atom. The average Bonchev–Trinajstić information content (AvgIpc) is 2.55. The van der Waals surface area contributed by atoms with Gasteiger partial charge in [0.25, 0.3) is 5.91 Å². The van der Waals surface area contributed by atoms with E-state index in [-0.39, 0.29) is 11.9 Å². The predicted molar refractivity (Wildman–Crippen MR) is 98.6 cm³/mol. The molecule has 0 radical (unpaired) electrons. The number of ether oxygens (including phenoxy) is 1. The molecule has 0 aliphatic carbocycles. The van der Waals surface area contributed by atoms with Crippen molar-refractivity contribution in [2.24, 2.45) is 0 Å². The van der Waals surface area contributed by atoms with Crippen molar-refractivity contribution in [3.63, 3.8) is 0 Å². The van der Waals surface area contributed by atoms with E-state index in [0.717, 1.165) is 5.56 Å². The molecule has 0 saturated heterocycles. The lowest BCUT2D eigenvalue weighted by molar-refractivity contribution is -0.128. The molecule has 0 bridgehead atoms. The monoisotopic (exact) mass is 345 g/mol. The number of nitrogens with one attached hydrogen (secondary N) is 1. The normalized spacial score (nSPS) is 13.2. The molecular formula is C20H24ClNO2. The van der Waals surface area contributed by atoms with Gasteiger partial charge in [0.2, 0.25) is 0 Å². The Balaban J connectivity index is 2.04. The van der Waals surface area contributed by atoms with Gasteiger partial charge in [-0.3, -0.25) is 4.79 Å². The molecule has 3 nitrogen and oxygen atoms in total. The van der Waals surface area contributed by atoms with Crippen LogP contribution in [0.25, 0.3) is 0 Å². The largest absolute Gasteiger partial charge is 0.481 e. The second kappa shape index (κ2) is 8.20. The lowest BCUT2D eigenvalue weighted by Crippen LogP contribution is -2.39. The Bertz CT molecular complexity index is 715. The molecule has 4 heteroatoms. The summed E-state index contributed by atoms with van der Waals surface area (Å²) >= 11 is 5.96. The van der Waals surface area contributed by atoms with Gasteiger partial charge in [-0.05, 0) is 62.1 Å². The Kier molecular flexibility index (Phi) is 6.27. The van der Waals surface area contributed by atoms with Crippen molar-refractivity contribution in [3.05, 3.63) is 64.2 Å². The number of carbonyl (C=O) groups excluding carboxylic acids is 1. The summed E-state index contributed by atoms with van der Waals surface area (Å²) < 4.78 is 5.79. The molecule has 0 aliphatic heterocycles. The van der Waals surface area contributed by atoms with Gasteiger partial charge in [0.15, 0.2) is 6.10 Å². The van der Waals surface area contributed by atoms with E-state index < -0.39 is 6.10 Å². The first-order valence-electron chi connectivity index (χ1n) is 8.20. The number of halogens is 1. The topological polar surface area (TPSA) is 38.3 Å². The summed E-state index contributed by atoms with van der Waals surface area (Å²) in [6.07, 6.45) is 0.0373. The molecule has 2 aromatic carbocycles. The highest BCUT2D eigenvalue weighted by Gasteiger charge is 2.21. The number of carbonyl (C=O) groups is 1. The van der Waals surface area contributed by atoms with E-state index in [2.05, 4.69) is 31.3 Å². The summed E-state index contributed by atoms with van der Waals surface area (Å²) in [4.78, 5) is 12.5. The third kappa shape index (κ3) is 4.75. The van der Waals surface area contributed by atoms with Crippen molar-refractivity contribution in [2.75, 3.05) is 0 Å². The fourth-order valence-electron chi connectivity index (χ4n) is 2.45. The highest BCUT2D eigenvalue weighted by atomic mass is 35.5. The zero-order valence-electron chi connectivity index (χ0n) is 14.6. The molecule has 2 atom stereocenters. The smallest absolute Gasteiger partial charge is 0.261 e. The van der Waals surface area contributed by atoms with E-state index in [1.165, 1.54) is 11.1 Å². The Morgan fingerprint density at radius 1 is 1.17 bits per heavy atom. The maximum Gasteiger partial charge on any atom is 0.261 e. The molecule has 128 valence electrons. The van der Waals surface area contributed by atoms with Crippen molar-refractivity contribution >= 4 is 17.5 Å². The molecule has 0 heterocycles. The van der Waals surface area contributed by atoms with Crippen LogP contribution in [0.15, 0.2) is 42.5 Å². The van der Waals surface area contributed by atoms with E-state index >= 15 is 0 Å². The van der Waals surface area contributed by atoms with Gasteiger partial charge in [-0.2, -0.15) is 0 Å². The highest BCUT2D eigenvalue weighted by Crippen LogP contribution is 2.20. The Morgan fingerprint density at radius 3 is 2.54 bits per heavy atom. The van der Waals surface area contributed by atoms with Crippen molar-refractivity contribution in [1.29, 1.82) is 0 Å². The first-order valence-corrected chi connectivity index (χ1v) is 8.58. The Labute approximate surface area is 149 Å². The molecule has 1 amide bonds. The van der Waals surface area contributed by atoms with Crippen molar-refractivity contribution in [2.45, 2.75) is 46.3 Å². The van der Waals surface area contributed by atoms with E-state index in [1.807, 2.05) is 19.9 Å². The maximum absolute atomic E-state index is 12.5. The second-order valence-electron chi connectivity index (χ2n) is 6.05. The minimum absolute atomic E-state index is 0.0752. The van der Waals surface area contributed by atoms with E-state index in [9.17, 15) is 4.79 Å². The van der Waals surface area contributed by atoms with Gasteiger partial charge in [-0.25, -0.2) is 0 Å². The van der Waals surface area contributed by atoms with Crippen molar-refractivity contribution in [1.82, 2.24) is 5.32 Å². The molecule has 2 aromatic rings. The third-order valence-electron chi connectivity index (χ3n) is 4.13. The minimum Gasteiger partial charge on any atom is -0.481 e. The van der Waals surface area contributed by atoms with Crippen LogP contribution >= 0.6 is 11.6 Å². The minimum atomic E-state index is -0.544. The SMILES string of the molecule is CC[C@@H](Oc1cccc(Cl)c1)C(=O)N[C@@H](C)c1ccc(C)c(C)c1. The fraction of sp³-hybridized carbons (Fsp3) is 0.350. The summed E-state index contributed by atoms with van der Waals surface area (Å²) in [6, 6.07) is 13.3. The third-order valence-corrected chi connectivity index (χ3v) is 4.36. The molecular weight excluding hydrogens is 322 g/mol. The van der Waals surface area contributed by atoms with Crippen LogP contribution in [-0.4, -0.2) is 12.0 Å². The van der Waals surface area contributed by atoms with Gasteiger partial charge in [-0.1, -0.05) is 42.8 Å². The van der Waals surface area contributed by atoms with Gasteiger partial charge in [0.05, 0.1) is 6.04 Å². The lowest BCUT2D eigenvalue weighted by Gasteiger charge is -2.21. The summed E-state index contributed by atoms with van der Waals surface area (Å²) in [5, 5.41) is 3.62. The molecule has 0 aliphatic rings. The number of rotatable bonds is 6. The molecule has 0 spiro atoms. The van der Waals surface area contributed by atoms with Crippen molar-refractivity contribution < 1.29 is 9.53 Å². The maximum atomic E-state index is 12.5. The van der Waals surface area contributed by atoms with Crippen LogP contribution in [0.5, 0.6) is 5.75 Å². The van der Waals surface area contributed by atoms with Crippen LogP contribution in [0.3, 0.4) is 0 Å². The predicted octanol–water partition coefficient (Wildman–Crippen LogP) is 4.99. The lowest BCUT2D eigenvalue weighted by atomic mass is 10.0. The molecule has 1 N–H and O–H groups in total. The molecule has 0 fully saturated rings. The number of benzene rings is 2. The first-order chi connectivity index (χ1) is 11.4. The average molecular weight is 346 g/mol. The quantitative estimate of drug-likeness (QED) is 0.800. The highest BCUT2D eigenvalue weighted by molar-refractivity contribution is 6.30. The first kappa shape index (κ1) is 18.3. The van der Waals surface area contributed by atoms with E-state index in [4.69, 9.17) is 16.3 Å². The summed E-state index contributed by atoms with van der Waals surface area (Å²) in [5.41, 5.74) is 3.55. The van der Waals surface area contributed by atoms with Crippen LogP contribution in [0.1, 0.15) is 43.0 Å². The summed E-state index contributed by atoms with van der Waals surface area (Å²) in [7, 11) is 0. The molecule has 0 aromatic heterocycles. The standard InChI is InChI=1S/C20H24ClNO2/c1-5-19(24-18-8-6-7-17(21)12-18)20(23)22-15(4)16-10-9-13(2)14(3)11-16/h6-12,15,19H,5H2,1-4H3,(H,22,23)/t15-,19+/m0/s1. The van der Waals surface area contributed by atoms with Crippen LogP contribution < -0.4 is 10.1 Å². The zero-order valence-corrected chi connectivity index (χ0v) is 15.4. The fourth-order valence-corrected chi connectivity index (χ4v) is 2.63. The van der Waals surface area contributed by atoms with Crippen LogP contribution in [-0.2, 0) is 4.79 Å². The number of hydrogen-bond donors (Lipinski definition) is 1. The summed E-state index contributed by atoms with van der Waals surface area (Å²) in [6.45, 7) is 8.06. The van der Waals surface area contributed by atoms with Crippen LogP contribution in [0.4, 0.5) is 0 Å². The zero-order chi connectivity index (χ0) is 17.7. The van der Waals surface area contributed by atoms with E-state index in [0.29, 0.717) is 17.2 Å². The number of aryl methyl sites for hydroxylation is 2. The summed E-state index contributed by atoms with van der Waals surface area (Å²) in [5.74, 6) is 0.478. The van der Waals surface area contributed by atoms with Crippen molar-refractivity contribution in [3.8, 4) is 5.75 Å². The van der Waals surface area contributed by atoms with Gasteiger partial charge < -0.3 is 10.1 Å². The van der Waals surface area contributed by atoms with Gasteiger partial charge in [-0.15, -0.1) is 0 Å². The second-order valence-corrected chi connectivity index (χ2v) is 6.48. The van der Waals surface area contributed by atoms with E-state index in [1.54, 1.807) is 24.3 Å². The molecule has 0 unspecified atom stereocenters. The van der Waals surface area contributed by atoms with Gasteiger partial charge >= 0.3 is 0 Å². The number of hydrogen-bond acceptors (Lipinski definition) is 2. The van der Waals surface area contributed by atoms with Gasteiger partial charge in [0, 0.05) is 5.02 Å².